The van der Waals surface area contributed by atoms with Crippen LogP contribution in [0.1, 0.15) is 112 Å². The second-order valence-corrected chi connectivity index (χ2v) is 14.3. The van der Waals surface area contributed by atoms with Crippen LogP contribution < -0.4 is 0 Å². The van der Waals surface area contributed by atoms with Gasteiger partial charge in [-0.3, -0.25) is 4.52 Å². The van der Waals surface area contributed by atoms with Crippen molar-refractivity contribution in [2.45, 2.75) is 118 Å². The molecule has 0 bridgehead atoms. The smallest absolute Gasteiger partial charge is 0.303 e. The first kappa shape index (κ1) is 25.2. The van der Waals surface area contributed by atoms with Crippen molar-refractivity contribution < 1.29 is 18.9 Å². The Hall–Kier alpha value is 0.110. The molecule has 2 N–H and O–H groups in total. The predicted octanol–water partition coefficient (Wildman–Crippen LogP) is 7.59. The molecule has 0 spiro atoms. The molecule has 0 aromatic carbocycles. The van der Waals surface area contributed by atoms with E-state index in [0.717, 1.165) is 36.5 Å². The Morgan fingerprint density at radius 1 is 0.938 bits per heavy atom. The number of hydrogen-bond acceptors (Lipinski definition) is 2. The highest BCUT2D eigenvalue weighted by Crippen LogP contribution is 2.69. The minimum Gasteiger partial charge on any atom is -0.303 e. The summed E-state index contributed by atoms with van der Waals surface area (Å²) in [4.78, 5) is 19.3. The molecule has 4 fully saturated rings. The fourth-order valence-electron chi connectivity index (χ4n) is 9.64. The fraction of sp³-hybridized carbons (Fsp3) is 1.00. The molecule has 4 nitrogen and oxygen atoms in total. The zero-order valence-corrected chi connectivity index (χ0v) is 22.2. The van der Waals surface area contributed by atoms with E-state index in [9.17, 15) is 14.4 Å². The van der Waals surface area contributed by atoms with Crippen LogP contribution >= 0.6 is 7.82 Å². The summed E-state index contributed by atoms with van der Waals surface area (Å²) >= 11 is 0. The van der Waals surface area contributed by atoms with E-state index in [1.807, 2.05) is 0 Å². The molecule has 0 aromatic heterocycles. The highest BCUT2D eigenvalue weighted by molar-refractivity contribution is 7.46. The van der Waals surface area contributed by atoms with E-state index in [-0.39, 0.29) is 11.5 Å². The van der Waals surface area contributed by atoms with Crippen LogP contribution in [0.5, 0.6) is 0 Å². The van der Waals surface area contributed by atoms with Gasteiger partial charge in [-0.15, -0.1) is 0 Å². The molecule has 2 unspecified atom stereocenters. The minimum absolute atomic E-state index is 0.0788. The van der Waals surface area contributed by atoms with Gasteiger partial charge in [0, 0.05) is 5.41 Å². The van der Waals surface area contributed by atoms with Crippen molar-refractivity contribution in [1.29, 1.82) is 0 Å². The fourth-order valence-corrected chi connectivity index (χ4v) is 10.3. The van der Waals surface area contributed by atoms with Crippen molar-refractivity contribution in [3.63, 3.8) is 0 Å². The third-order valence-electron chi connectivity index (χ3n) is 11.1. The minimum atomic E-state index is -4.46. The molecule has 0 radical (unpaired) electrons. The molecule has 9 atom stereocenters. The summed E-state index contributed by atoms with van der Waals surface area (Å²) in [6, 6.07) is 0. The predicted molar refractivity (Wildman–Crippen MR) is 130 cm³/mol. The first-order chi connectivity index (χ1) is 15.0. The van der Waals surface area contributed by atoms with Crippen LogP contribution in [-0.4, -0.2) is 15.9 Å². The van der Waals surface area contributed by atoms with Gasteiger partial charge in [0.05, 0.1) is 6.10 Å². The molecule has 4 saturated carbocycles. The Morgan fingerprint density at radius 3 is 2.38 bits per heavy atom. The van der Waals surface area contributed by atoms with E-state index >= 15 is 0 Å². The third kappa shape index (κ3) is 4.52. The van der Waals surface area contributed by atoms with Crippen LogP contribution in [0.3, 0.4) is 0 Å². The summed E-state index contributed by atoms with van der Waals surface area (Å²) in [5.41, 5.74) is 0.375. The van der Waals surface area contributed by atoms with E-state index < -0.39 is 7.82 Å². The molecule has 4 aliphatic rings. The van der Waals surface area contributed by atoms with Gasteiger partial charge in [0.25, 0.3) is 0 Å². The maximum absolute atomic E-state index is 11.8. The summed E-state index contributed by atoms with van der Waals surface area (Å²) in [5.74, 6) is 5.08. The van der Waals surface area contributed by atoms with Crippen molar-refractivity contribution >= 4 is 7.82 Å². The first-order valence-electron chi connectivity index (χ1n) is 13.7. The summed E-state index contributed by atoms with van der Waals surface area (Å²) in [5, 5.41) is 0. The Morgan fingerprint density at radius 2 is 1.69 bits per heavy atom. The van der Waals surface area contributed by atoms with E-state index in [2.05, 4.69) is 34.6 Å². The van der Waals surface area contributed by atoms with Crippen LogP contribution in [-0.2, 0) is 9.09 Å². The summed E-state index contributed by atoms with van der Waals surface area (Å²) in [7, 11) is -4.46. The second-order valence-electron chi connectivity index (χ2n) is 13.1. The van der Waals surface area contributed by atoms with Gasteiger partial charge in [-0.2, -0.15) is 0 Å². The molecule has 0 heterocycles. The molecule has 0 aliphatic heterocycles. The van der Waals surface area contributed by atoms with Crippen LogP contribution in [0.4, 0.5) is 0 Å². The molecule has 32 heavy (non-hydrogen) atoms. The lowest BCUT2D eigenvalue weighted by atomic mass is 9.44. The first-order valence-corrected chi connectivity index (χ1v) is 15.2. The Balaban J connectivity index is 1.52. The van der Waals surface area contributed by atoms with Gasteiger partial charge in [-0.05, 0) is 98.2 Å². The lowest BCUT2D eigenvalue weighted by Crippen LogP contribution is -2.58. The van der Waals surface area contributed by atoms with Gasteiger partial charge in [-0.25, -0.2) is 4.57 Å². The van der Waals surface area contributed by atoms with Crippen molar-refractivity contribution in [1.82, 2.24) is 0 Å². The van der Waals surface area contributed by atoms with Crippen LogP contribution in [0, 0.1) is 52.3 Å². The van der Waals surface area contributed by atoms with E-state index in [1.54, 1.807) is 0 Å². The standard InChI is InChI=1S/C27H49O4P/c1-18(2)8-6-9-19(3)22-14-15-23-21-13-12-20-10-7-11-25(31-32(28,29)30)27(20,5)24(21)16-17-26(22,23)4/h18-25H,6-17H2,1-5H3,(H2,28,29,30)/t19-,20?,21+,22-,23+,24+,25?,26-,27+/m1/s1. The number of fused-ring (bicyclic) bond motifs is 5. The molecule has 0 saturated heterocycles. The molecule has 4 rings (SSSR count). The molecular formula is C27H49O4P. The number of rotatable bonds is 7. The monoisotopic (exact) mass is 468 g/mol. The molecule has 0 aromatic rings. The Bertz CT molecular complexity index is 704. The Labute approximate surface area is 196 Å². The van der Waals surface area contributed by atoms with Crippen LogP contribution in [0.2, 0.25) is 0 Å². The second kappa shape index (κ2) is 9.29. The average molecular weight is 469 g/mol. The topological polar surface area (TPSA) is 66.8 Å². The molecule has 186 valence electrons. The van der Waals surface area contributed by atoms with Gasteiger partial charge in [0.1, 0.15) is 0 Å². The van der Waals surface area contributed by atoms with E-state index in [0.29, 0.717) is 23.2 Å². The normalized spacial score (nSPS) is 45.2. The zero-order valence-electron chi connectivity index (χ0n) is 21.3. The number of phosphoric acid groups is 1. The Kier molecular flexibility index (Phi) is 7.32. The molecular weight excluding hydrogens is 419 g/mol. The maximum Gasteiger partial charge on any atom is 0.469 e. The molecule has 5 heteroatoms. The lowest BCUT2D eigenvalue weighted by Gasteiger charge is -2.62. The SMILES string of the molecule is CC(C)CCC[C@@H](C)[C@H]1CC[C@H]2[C@@H]3CCC4CCCC(OP(=O)(O)O)[C@]4(C)[C@H]3CC[C@]12C. The van der Waals surface area contributed by atoms with Gasteiger partial charge < -0.3 is 9.79 Å². The number of hydrogen-bond donors (Lipinski definition) is 2. The summed E-state index contributed by atoms with van der Waals surface area (Å²) in [6.45, 7) is 12.2. The van der Waals surface area contributed by atoms with E-state index in [1.165, 1.54) is 64.2 Å². The van der Waals surface area contributed by atoms with Crippen molar-refractivity contribution in [3.8, 4) is 0 Å². The summed E-state index contributed by atoms with van der Waals surface area (Å²) < 4.78 is 17.4. The van der Waals surface area contributed by atoms with Crippen molar-refractivity contribution in [2.24, 2.45) is 52.3 Å². The molecule has 4 aliphatic carbocycles. The van der Waals surface area contributed by atoms with Crippen LogP contribution in [0.25, 0.3) is 0 Å². The number of phosphoric ester groups is 1. The van der Waals surface area contributed by atoms with Gasteiger partial charge in [0.15, 0.2) is 0 Å². The van der Waals surface area contributed by atoms with Crippen molar-refractivity contribution in [3.05, 3.63) is 0 Å². The molecule has 0 amide bonds. The van der Waals surface area contributed by atoms with Crippen molar-refractivity contribution in [2.75, 3.05) is 0 Å². The third-order valence-corrected chi connectivity index (χ3v) is 11.7. The quantitative estimate of drug-likeness (QED) is 0.378. The zero-order chi connectivity index (χ0) is 23.3. The van der Waals surface area contributed by atoms with Crippen LogP contribution in [0.15, 0.2) is 0 Å². The largest absolute Gasteiger partial charge is 0.469 e. The lowest BCUT2D eigenvalue weighted by molar-refractivity contribution is -0.161. The highest BCUT2D eigenvalue weighted by atomic mass is 31.2. The summed E-state index contributed by atoms with van der Waals surface area (Å²) in [6.07, 6.45) is 14.7. The van der Waals surface area contributed by atoms with Gasteiger partial charge in [-0.1, -0.05) is 60.3 Å². The average Bonchev–Trinajstić information content (AvgIpc) is 3.04. The van der Waals surface area contributed by atoms with Gasteiger partial charge in [0.2, 0.25) is 0 Å². The highest BCUT2D eigenvalue weighted by Gasteiger charge is 2.62. The maximum atomic E-state index is 11.8. The van der Waals surface area contributed by atoms with E-state index in [4.69, 9.17) is 4.52 Å². The van der Waals surface area contributed by atoms with Gasteiger partial charge >= 0.3 is 7.82 Å².